The molecule has 2 unspecified atom stereocenters. The van der Waals surface area contributed by atoms with Crippen LogP contribution in [0.3, 0.4) is 0 Å². The quantitative estimate of drug-likeness (QED) is 0.627. The van der Waals surface area contributed by atoms with Gasteiger partial charge in [0, 0.05) is 11.8 Å². The van der Waals surface area contributed by atoms with E-state index in [1.807, 2.05) is 0 Å². The molecule has 0 aliphatic rings. The van der Waals surface area contributed by atoms with E-state index >= 15 is 0 Å². The van der Waals surface area contributed by atoms with Gasteiger partial charge in [0.2, 0.25) is 0 Å². The SMILES string of the molecule is CC(C)C(C)C[S+]([O-])CC(C)C(C)C. The summed E-state index contributed by atoms with van der Waals surface area (Å²) in [5, 5.41) is 0. The maximum Gasteiger partial charge on any atom is 0.108 e. The minimum absolute atomic E-state index is 0.579. The third-order valence-corrected chi connectivity index (χ3v) is 4.97. The van der Waals surface area contributed by atoms with Crippen LogP contribution in [0.4, 0.5) is 0 Å². The van der Waals surface area contributed by atoms with Crippen LogP contribution >= 0.6 is 0 Å². The van der Waals surface area contributed by atoms with Gasteiger partial charge in [0.05, 0.1) is 0 Å². The molecule has 1 nitrogen and oxygen atoms in total. The highest BCUT2D eigenvalue weighted by Gasteiger charge is 2.19. The first kappa shape index (κ1) is 14.3. The molecular weight excluding hydrogens is 192 g/mol. The third-order valence-electron chi connectivity index (χ3n) is 3.17. The van der Waals surface area contributed by atoms with Crippen molar-refractivity contribution in [2.45, 2.75) is 41.5 Å². The predicted octanol–water partition coefficient (Wildman–Crippen LogP) is 3.32. The van der Waals surface area contributed by atoms with Crippen LogP contribution in [-0.4, -0.2) is 16.1 Å². The molecule has 86 valence electrons. The Morgan fingerprint density at radius 1 is 0.786 bits per heavy atom. The topological polar surface area (TPSA) is 23.1 Å². The van der Waals surface area contributed by atoms with Crippen molar-refractivity contribution < 1.29 is 4.55 Å². The van der Waals surface area contributed by atoms with Crippen LogP contribution in [-0.2, 0) is 11.2 Å². The summed E-state index contributed by atoms with van der Waals surface area (Å²) in [4.78, 5) is 0. The average Bonchev–Trinajstić information content (AvgIpc) is 2.03. The zero-order valence-corrected chi connectivity index (χ0v) is 11.4. The van der Waals surface area contributed by atoms with Crippen molar-refractivity contribution >= 4 is 11.2 Å². The Hall–Kier alpha value is 0.310. The second-order valence-corrected chi connectivity index (χ2v) is 6.76. The summed E-state index contributed by atoms with van der Waals surface area (Å²) < 4.78 is 11.8. The van der Waals surface area contributed by atoms with Crippen LogP contribution in [0.2, 0.25) is 0 Å². The molecular formula is C12H26OS. The Labute approximate surface area is 92.8 Å². The number of rotatable bonds is 6. The summed E-state index contributed by atoms with van der Waals surface area (Å²) >= 11 is -0.621. The molecule has 0 aliphatic heterocycles. The van der Waals surface area contributed by atoms with Crippen LogP contribution in [0.1, 0.15) is 41.5 Å². The third kappa shape index (κ3) is 5.92. The lowest BCUT2D eigenvalue weighted by atomic mass is 10.0. The highest BCUT2D eigenvalue weighted by molar-refractivity contribution is 7.91. The fourth-order valence-electron chi connectivity index (χ4n) is 1.04. The van der Waals surface area contributed by atoms with Crippen molar-refractivity contribution in [3.63, 3.8) is 0 Å². The van der Waals surface area contributed by atoms with Crippen LogP contribution in [0.15, 0.2) is 0 Å². The first-order chi connectivity index (χ1) is 6.34. The van der Waals surface area contributed by atoms with Gasteiger partial charge in [0.25, 0.3) is 0 Å². The van der Waals surface area contributed by atoms with E-state index in [4.69, 9.17) is 0 Å². The number of hydrogen-bond acceptors (Lipinski definition) is 1. The molecule has 0 radical (unpaired) electrons. The molecule has 0 bridgehead atoms. The summed E-state index contributed by atoms with van der Waals surface area (Å²) in [7, 11) is 0. The molecule has 0 saturated carbocycles. The minimum Gasteiger partial charge on any atom is -0.616 e. The van der Waals surface area contributed by atoms with Crippen molar-refractivity contribution in [3.05, 3.63) is 0 Å². The van der Waals surface area contributed by atoms with Gasteiger partial charge >= 0.3 is 0 Å². The van der Waals surface area contributed by atoms with E-state index in [0.29, 0.717) is 23.7 Å². The van der Waals surface area contributed by atoms with Gasteiger partial charge in [-0.2, -0.15) is 0 Å². The fraction of sp³-hybridized carbons (Fsp3) is 1.00. The van der Waals surface area contributed by atoms with Crippen molar-refractivity contribution in [2.75, 3.05) is 11.5 Å². The average molecular weight is 218 g/mol. The van der Waals surface area contributed by atoms with E-state index in [2.05, 4.69) is 41.5 Å². The summed E-state index contributed by atoms with van der Waals surface area (Å²) in [5.74, 6) is 4.19. The summed E-state index contributed by atoms with van der Waals surface area (Å²) in [6.07, 6.45) is 0. The van der Waals surface area contributed by atoms with E-state index < -0.39 is 11.2 Å². The maximum absolute atomic E-state index is 11.8. The summed E-state index contributed by atoms with van der Waals surface area (Å²) in [6.45, 7) is 13.2. The number of hydrogen-bond donors (Lipinski definition) is 0. The molecule has 0 fully saturated rings. The van der Waals surface area contributed by atoms with Crippen molar-refractivity contribution in [2.24, 2.45) is 23.7 Å². The molecule has 0 aromatic heterocycles. The Bertz CT molecular complexity index is 129. The van der Waals surface area contributed by atoms with Gasteiger partial charge < -0.3 is 4.55 Å². The molecule has 14 heavy (non-hydrogen) atoms. The van der Waals surface area contributed by atoms with E-state index in [0.717, 1.165) is 11.5 Å². The highest BCUT2D eigenvalue weighted by Crippen LogP contribution is 2.17. The summed E-state index contributed by atoms with van der Waals surface area (Å²) in [6, 6.07) is 0. The van der Waals surface area contributed by atoms with Crippen molar-refractivity contribution in [3.8, 4) is 0 Å². The van der Waals surface area contributed by atoms with Gasteiger partial charge in [-0.05, 0) is 11.8 Å². The zero-order valence-electron chi connectivity index (χ0n) is 10.5. The monoisotopic (exact) mass is 218 g/mol. The lowest BCUT2D eigenvalue weighted by Gasteiger charge is -2.22. The van der Waals surface area contributed by atoms with Crippen LogP contribution in [0.25, 0.3) is 0 Å². The molecule has 0 amide bonds. The molecule has 2 atom stereocenters. The lowest BCUT2D eigenvalue weighted by Crippen LogP contribution is -2.25. The van der Waals surface area contributed by atoms with Gasteiger partial charge in [-0.3, -0.25) is 0 Å². The Morgan fingerprint density at radius 2 is 1.07 bits per heavy atom. The minimum atomic E-state index is -0.621. The Balaban J connectivity index is 3.80. The van der Waals surface area contributed by atoms with E-state index in [1.54, 1.807) is 0 Å². The van der Waals surface area contributed by atoms with Crippen LogP contribution in [0.5, 0.6) is 0 Å². The largest absolute Gasteiger partial charge is 0.616 e. The van der Waals surface area contributed by atoms with E-state index in [1.165, 1.54) is 0 Å². The first-order valence-corrected chi connectivity index (χ1v) is 7.18. The molecule has 0 spiro atoms. The maximum atomic E-state index is 11.8. The predicted molar refractivity (Wildman–Crippen MR) is 65.9 cm³/mol. The zero-order chi connectivity index (χ0) is 11.3. The van der Waals surface area contributed by atoms with Gasteiger partial charge in [-0.15, -0.1) is 0 Å². The molecule has 0 N–H and O–H groups in total. The molecule has 0 aromatic carbocycles. The second kappa shape index (κ2) is 6.73. The van der Waals surface area contributed by atoms with Crippen molar-refractivity contribution in [1.82, 2.24) is 0 Å². The van der Waals surface area contributed by atoms with Crippen LogP contribution < -0.4 is 0 Å². The van der Waals surface area contributed by atoms with Crippen LogP contribution in [0, 0.1) is 23.7 Å². The molecule has 0 rings (SSSR count). The molecule has 0 saturated heterocycles. The summed E-state index contributed by atoms with van der Waals surface area (Å²) in [5.41, 5.74) is 0. The van der Waals surface area contributed by atoms with E-state index in [-0.39, 0.29) is 0 Å². The smallest absolute Gasteiger partial charge is 0.108 e. The molecule has 0 heterocycles. The van der Waals surface area contributed by atoms with Gasteiger partial charge in [0.1, 0.15) is 11.5 Å². The van der Waals surface area contributed by atoms with Gasteiger partial charge in [-0.25, -0.2) is 0 Å². The fourth-order valence-corrected chi connectivity index (χ4v) is 3.12. The molecule has 0 aliphatic carbocycles. The highest BCUT2D eigenvalue weighted by atomic mass is 32.2. The molecule has 2 heteroatoms. The van der Waals surface area contributed by atoms with Gasteiger partial charge in [-0.1, -0.05) is 52.7 Å². The first-order valence-electron chi connectivity index (χ1n) is 5.69. The van der Waals surface area contributed by atoms with Gasteiger partial charge in [0.15, 0.2) is 0 Å². The molecule has 0 aromatic rings. The Morgan fingerprint density at radius 3 is 1.29 bits per heavy atom. The standard InChI is InChI=1S/C12H26OS/c1-9(2)11(5)7-14(13)8-12(6)10(3)4/h9-12H,7-8H2,1-6H3. The normalized spacial score (nSPS) is 18.6. The van der Waals surface area contributed by atoms with Crippen molar-refractivity contribution in [1.29, 1.82) is 0 Å². The van der Waals surface area contributed by atoms with E-state index in [9.17, 15) is 4.55 Å². The lowest BCUT2D eigenvalue weighted by molar-refractivity contribution is 0.434. The second-order valence-electron chi connectivity index (χ2n) is 5.22. The Kier molecular flexibility index (Phi) is 6.88.